The summed E-state index contributed by atoms with van der Waals surface area (Å²) < 4.78 is 23.0. The van der Waals surface area contributed by atoms with E-state index in [0.29, 0.717) is 0 Å². The zero-order chi connectivity index (χ0) is 6.97. The average molecular weight is 140 g/mol. The van der Waals surface area contributed by atoms with E-state index < -0.39 is 22.0 Å². The average Bonchev–Trinajstić information content (AvgIpc) is 1.85. The Hall–Kier alpha value is 0.0197. The second kappa shape index (κ2) is 2.57. The molecule has 2 aliphatic heterocycles. The standard InChI is InChI=1S/B4HO6/c5-2-8-3-6-1-7-4(9-2)10-3/h5H. The largest absolute Gasteiger partial charge is 0.612 e. The van der Waals surface area contributed by atoms with Crippen molar-refractivity contribution in [3.63, 3.8) is 0 Å². The van der Waals surface area contributed by atoms with Crippen molar-refractivity contribution < 1.29 is 27.9 Å². The second-order valence-electron chi connectivity index (χ2n) is 1.66. The normalized spacial score (nSPS) is 24.7. The molecule has 2 bridgehead atoms. The van der Waals surface area contributed by atoms with E-state index in [0.717, 1.165) is 7.69 Å². The first-order valence-electron chi connectivity index (χ1n) is 2.62. The fraction of sp³-hybridized carbons (Fsp3) is 0. The van der Waals surface area contributed by atoms with Crippen LogP contribution in [-0.2, 0) is 22.9 Å². The van der Waals surface area contributed by atoms with Crippen LogP contribution in [0.15, 0.2) is 0 Å². The molecule has 2 saturated heterocycles. The molecule has 10 heteroatoms. The molecule has 0 aromatic heterocycles. The van der Waals surface area contributed by atoms with Crippen LogP contribution in [0, 0.1) is 0 Å². The van der Waals surface area contributed by atoms with Gasteiger partial charge in [-0.3, -0.25) is 0 Å². The van der Waals surface area contributed by atoms with E-state index in [-0.39, 0.29) is 0 Å². The van der Waals surface area contributed by atoms with Crippen molar-refractivity contribution in [3.8, 4) is 0 Å². The van der Waals surface area contributed by atoms with Crippen molar-refractivity contribution in [2.45, 2.75) is 0 Å². The van der Waals surface area contributed by atoms with E-state index in [2.05, 4.69) is 18.3 Å². The quantitative estimate of drug-likeness (QED) is 0.378. The molecule has 6 nitrogen and oxygen atoms in total. The fourth-order valence-corrected chi connectivity index (χ4v) is 0.628. The highest BCUT2D eigenvalue weighted by molar-refractivity contribution is 6.72. The maximum atomic E-state index is 8.72. The predicted octanol–water partition coefficient (Wildman–Crippen LogP) is -2.42. The van der Waals surface area contributed by atoms with Gasteiger partial charge in [-0.25, -0.2) is 0 Å². The molecule has 2 fully saturated rings. The lowest BCUT2D eigenvalue weighted by Gasteiger charge is -2.29. The molecule has 1 radical (unpaired) electrons. The molecule has 2 aliphatic rings. The molecule has 0 saturated carbocycles. The van der Waals surface area contributed by atoms with Crippen molar-refractivity contribution in [3.05, 3.63) is 0 Å². The molecule has 2 heterocycles. The minimum atomic E-state index is -1.35. The monoisotopic (exact) mass is 141 g/mol. The summed E-state index contributed by atoms with van der Waals surface area (Å²) in [6.45, 7) is 0. The van der Waals surface area contributed by atoms with Gasteiger partial charge in [-0.05, 0) is 0 Å². The van der Waals surface area contributed by atoms with Crippen molar-refractivity contribution >= 4 is 29.6 Å². The van der Waals surface area contributed by atoms with E-state index in [1.165, 1.54) is 0 Å². The van der Waals surface area contributed by atoms with Crippen LogP contribution in [0.5, 0.6) is 0 Å². The molecular weight excluding hydrogens is 139 g/mol. The Balaban J connectivity index is 1.98. The van der Waals surface area contributed by atoms with Crippen LogP contribution in [0.4, 0.5) is 0 Å². The first-order valence-corrected chi connectivity index (χ1v) is 2.62. The Bertz CT molecular complexity index is 111. The number of hydrogen-bond acceptors (Lipinski definition) is 6. The van der Waals surface area contributed by atoms with Gasteiger partial charge >= 0.3 is 29.6 Å². The lowest BCUT2D eigenvalue weighted by molar-refractivity contribution is 0.112. The van der Waals surface area contributed by atoms with E-state index in [1.54, 1.807) is 0 Å². The van der Waals surface area contributed by atoms with Crippen LogP contribution in [-0.4, -0.2) is 34.7 Å². The molecule has 0 atom stereocenters. The first kappa shape index (κ1) is 6.71. The van der Waals surface area contributed by atoms with Crippen LogP contribution in [0.2, 0.25) is 0 Å². The summed E-state index contributed by atoms with van der Waals surface area (Å²) in [6.07, 6.45) is 0. The Labute approximate surface area is 58.6 Å². The SMILES string of the molecule is OB1OB2O[B]OB(O1)O2. The molecule has 0 aromatic rings. The third-order valence-electron chi connectivity index (χ3n) is 1.01. The van der Waals surface area contributed by atoms with Gasteiger partial charge in [0.1, 0.15) is 0 Å². The molecular formula is HB4O6. The van der Waals surface area contributed by atoms with Crippen molar-refractivity contribution in [2.24, 2.45) is 0 Å². The third kappa shape index (κ3) is 1.22. The van der Waals surface area contributed by atoms with Gasteiger partial charge in [0, 0.05) is 0 Å². The van der Waals surface area contributed by atoms with Gasteiger partial charge in [-0.15, -0.1) is 0 Å². The van der Waals surface area contributed by atoms with Gasteiger partial charge in [0.05, 0.1) is 0 Å². The molecule has 2 rings (SSSR count). The van der Waals surface area contributed by atoms with E-state index in [9.17, 15) is 0 Å². The summed E-state index contributed by atoms with van der Waals surface area (Å²) in [5.74, 6) is 0. The fourth-order valence-electron chi connectivity index (χ4n) is 0.628. The summed E-state index contributed by atoms with van der Waals surface area (Å²) in [6, 6.07) is 0. The smallest absolute Gasteiger partial charge is 0.429 e. The Morgan fingerprint density at radius 3 is 2.20 bits per heavy atom. The maximum absolute atomic E-state index is 8.72. The Morgan fingerprint density at radius 2 is 1.60 bits per heavy atom. The predicted molar refractivity (Wildman–Crippen MR) is 30.7 cm³/mol. The van der Waals surface area contributed by atoms with Crippen LogP contribution in [0.3, 0.4) is 0 Å². The highest BCUT2D eigenvalue weighted by Gasteiger charge is 2.48. The second-order valence-corrected chi connectivity index (χ2v) is 1.66. The van der Waals surface area contributed by atoms with E-state index in [1.807, 2.05) is 0 Å². The maximum Gasteiger partial charge on any atom is 0.612 e. The summed E-state index contributed by atoms with van der Waals surface area (Å²) in [4.78, 5) is 0. The summed E-state index contributed by atoms with van der Waals surface area (Å²) in [5.41, 5.74) is 0. The highest BCUT2D eigenvalue weighted by Crippen LogP contribution is 2.11. The minimum absolute atomic E-state index is 0.928. The number of fused-ring (bicyclic) bond motifs is 2. The van der Waals surface area contributed by atoms with Gasteiger partial charge < -0.3 is 27.9 Å². The minimum Gasteiger partial charge on any atom is -0.429 e. The van der Waals surface area contributed by atoms with E-state index in [4.69, 9.17) is 9.60 Å². The van der Waals surface area contributed by atoms with Crippen LogP contribution in [0.25, 0.3) is 0 Å². The van der Waals surface area contributed by atoms with Crippen LogP contribution < -0.4 is 0 Å². The molecule has 0 aliphatic carbocycles. The lowest BCUT2D eigenvalue weighted by atomic mass is 9.92. The van der Waals surface area contributed by atoms with Gasteiger partial charge in [0.15, 0.2) is 0 Å². The van der Waals surface area contributed by atoms with Crippen LogP contribution >= 0.6 is 0 Å². The van der Waals surface area contributed by atoms with Gasteiger partial charge in [0.2, 0.25) is 0 Å². The number of rotatable bonds is 0. The first-order chi connectivity index (χ1) is 4.84. The number of hydrogen-bond donors (Lipinski definition) is 1. The Morgan fingerprint density at radius 1 is 1.00 bits per heavy atom. The van der Waals surface area contributed by atoms with Gasteiger partial charge in [-0.1, -0.05) is 0 Å². The third-order valence-corrected chi connectivity index (χ3v) is 1.01. The molecule has 49 valence electrons. The highest BCUT2D eigenvalue weighted by atomic mass is 16.9. The summed E-state index contributed by atoms with van der Waals surface area (Å²) in [5, 5.41) is 8.72. The van der Waals surface area contributed by atoms with Crippen molar-refractivity contribution in [1.82, 2.24) is 0 Å². The summed E-state index contributed by atoms with van der Waals surface area (Å²) in [7, 11) is -2.17. The zero-order valence-electron chi connectivity index (χ0n) is 4.80. The van der Waals surface area contributed by atoms with Gasteiger partial charge in [0.25, 0.3) is 0 Å². The van der Waals surface area contributed by atoms with Crippen molar-refractivity contribution in [2.75, 3.05) is 0 Å². The lowest BCUT2D eigenvalue weighted by Crippen LogP contribution is -2.56. The summed E-state index contributed by atoms with van der Waals surface area (Å²) >= 11 is 0. The Kier molecular flexibility index (Phi) is 1.73. The van der Waals surface area contributed by atoms with Crippen molar-refractivity contribution in [1.29, 1.82) is 0 Å². The molecule has 0 amide bonds. The van der Waals surface area contributed by atoms with E-state index >= 15 is 0 Å². The molecule has 0 unspecified atom stereocenters. The topological polar surface area (TPSA) is 66.4 Å². The molecule has 10 heavy (non-hydrogen) atoms. The van der Waals surface area contributed by atoms with Gasteiger partial charge in [-0.2, -0.15) is 0 Å². The molecule has 0 aromatic carbocycles. The molecule has 0 spiro atoms. The molecule has 1 N–H and O–H groups in total. The van der Waals surface area contributed by atoms with Crippen LogP contribution in [0.1, 0.15) is 0 Å². The zero-order valence-corrected chi connectivity index (χ0v) is 4.80.